The van der Waals surface area contributed by atoms with Crippen LogP contribution in [-0.4, -0.2) is 101 Å². The lowest BCUT2D eigenvalue weighted by molar-refractivity contribution is -0.137. The number of aliphatic hydroxyl groups excluding tert-OH is 1. The van der Waals surface area contributed by atoms with E-state index >= 15 is 0 Å². The van der Waals surface area contributed by atoms with E-state index in [9.17, 15) is 19.8 Å². The number of carbonyl (C=O) groups excluding carboxylic acids is 2. The zero-order valence-corrected chi connectivity index (χ0v) is 18.9. The lowest BCUT2D eigenvalue weighted by Gasteiger charge is -2.26. The Balaban J connectivity index is 1.24. The molecule has 0 spiro atoms. The Morgan fingerprint density at radius 3 is 2.65 bits per heavy atom. The molecule has 0 unspecified atom stereocenters. The summed E-state index contributed by atoms with van der Waals surface area (Å²) in [5.41, 5.74) is -0.224. The van der Waals surface area contributed by atoms with Gasteiger partial charge in [0, 0.05) is 38.9 Å². The van der Waals surface area contributed by atoms with Crippen molar-refractivity contribution in [2.45, 2.75) is 18.2 Å². The van der Waals surface area contributed by atoms with Crippen LogP contribution in [0.25, 0.3) is 0 Å². The van der Waals surface area contributed by atoms with Crippen LogP contribution in [0.2, 0.25) is 0 Å². The molecular formula is C24H30N4O6. The summed E-state index contributed by atoms with van der Waals surface area (Å²) in [6.45, 7) is 3.18. The minimum absolute atomic E-state index is 0.0189. The number of rotatable bonds is 8. The highest BCUT2D eigenvalue weighted by Crippen LogP contribution is 2.24. The van der Waals surface area contributed by atoms with Crippen molar-refractivity contribution in [1.82, 2.24) is 20.1 Å². The van der Waals surface area contributed by atoms with Gasteiger partial charge in [-0.05, 0) is 29.8 Å². The summed E-state index contributed by atoms with van der Waals surface area (Å²) < 4.78 is 10.9. The van der Waals surface area contributed by atoms with Gasteiger partial charge in [-0.1, -0.05) is 18.2 Å². The van der Waals surface area contributed by atoms with Gasteiger partial charge in [0.15, 0.2) is 6.61 Å². The average Bonchev–Trinajstić information content (AvgIpc) is 3.15. The van der Waals surface area contributed by atoms with E-state index in [0.717, 1.165) is 5.56 Å². The lowest BCUT2D eigenvalue weighted by Crippen LogP contribution is -2.51. The van der Waals surface area contributed by atoms with E-state index in [1.165, 1.54) is 6.20 Å². The molecule has 2 saturated heterocycles. The first-order chi connectivity index (χ1) is 16.4. The largest absolute Gasteiger partial charge is 0.484 e. The molecule has 1 aromatic heterocycles. The quantitative estimate of drug-likeness (QED) is 0.479. The first-order valence-electron chi connectivity index (χ1n) is 11.3. The molecule has 0 radical (unpaired) electrons. The Morgan fingerprint density at radius 2 is 1.94 bits per heavy atom. The second-order valence-corrected chi connectivity index (χ2v) is 8.61. The van der Waals surface area contributed by atoms with Gasteiger partial charge in [-0.15, -0.1) is 0 Å². The van der Waals surface area contributed by atoms with Crippen molar-refractivity contribution in [3.63, 3.8) is 0 Å². The molecule has 0 bridgehead atoms. The van der Waals surface area contributed by atoms with Gasteiger partial charge in [0.25, 0.3) is 11.8 Å². The van der Waals surface area contributed by atoms with E-state index in [2.05, 4.69) is 10.3 Å². The van der Waals surface area contributed by atoms with Crippen molar-refractivity contribution < 1.29 is 29.3 Å². The smallest absolute Gasteiger partial charge is 0.269 e. The molecule has 0 aliphatic carbocycles. The average molecular weight is 471 g/mol. The van der Waals surface area contributed by atoms with E-state index in [-0.39, 0.29) is 37.8 Å². The molecule has 2 aliphatic rings. The summed E-state index contributed by atoms with van der Waals surface area (Å²) in [5.74, 6) is 0.135. The number of aromatic nitrogens is 1. The maximum Gasteiger partial charge on any atom is 0.269 e. The second-order valence-electron chi connectivity index (χ2n) is 8.61. The van der Waals surface area contributed by atoms with Gasteiger partial charge in [0.1, 0.15) is 17.0 Å². The Hall–Kier alpha value is -3.05. The molecule has 3 heterocycles. The van der Waals surface area contributed by atoms with Crippen LogP contribution in [0.4, 0.5) is 0 Å². The number of likely N-dealkylation sites (tertiary alicyclic amines) is 1. The summed E-state index contributed by atoms with van der Waals surface area (Å²) >= 11 is 0. The molecule has 10 heteroatoms. The molecule has 2 aromatic rings. The topological polar surface area (TPSA) is 124 Å². The maximum absolute atomic E-state index is 12.2. The number of aliphatic hydroxyl groups is 2. The maximum atomic E-state index is 12.2. The number of carbonyl (C=O) groups is 2. The van der Waals surface area contributed by atoms with E-state index in [0.29, 0.717) is 38.6 Å². The highest BCUT2D eigenvalue weighted by molar-refractivity contribution is 5.92. The van der Waals surface area contributed by atoms with Crippen LogP contribution in [0.1, 0.15) is 16.1 Å². The second kappa shape index (κ2) is 10.9. The lowest BCUT2D eigenvalue weighted by atomic mass is 10.0. The molecule has 10 nitrogen and oxygen atoms in total. The number of hydrogen-bond donors (Lipinski definition) is 3. The van der Waals surface area contributed by atoms with Gasteiger partial charge in [-0.3, -0.25) is 19.5 Å². The highest BCUT2D eigenvalue weighted by atomic mass is 16.5. The van der Waals surface area contributed by atoms with Gasteiger partial charge in [-0.25, -0.2) is 0 Å². The number of β-amino-alcohol motifs (C(OH)–C–C–N with tert-alkyl or cyclic N) is 2. The minimum Gasteiger partial charge on any atom is -0.484 e. The summed E-state index contributed by atoms with van der Waals surface area (Å²) in [7, 11) is 0. The van der Waals surface area contributed by atoms with Gasteiger partial charge in [-0.2, -0.15) is 0 Å². The molecule has 4 rings (SSSR count). The van der Waals surface area contributed by atoms with Gasteiger partial charge in [0.2, 0.25) is 0 Å². The Bertz CT molecular complexity index is 967. The third-order valence-corrected chi connectivity index (χ3v) is 6.06. The van der Waals surface area contributed by atoms with Crippen LogP contribution in [0, 0.1) is 0 Å². The number of hydrogen-bond acceptors (Lipinski definition) is 8. The molecule has 34 heavy (non-hydrogen) atoms. The van der Waals surface area contributed by atoms with Crippen LogP contribution in [0.15, 0.2) is 48.7 Å². The van der Waals surface area contributed by atoms with Crippen LogP contribution in [0.3, 0.4) is 0 Å². The Kier molecular flexibility index (Phi) is 7.73. The van der Waals surface area contributed by atoms with Crippen molar-refractivity contribution in [3.05, 3.63) is 59.9 Å². The Morgan fingerprint density at radius 1 is 1.18 bits per heavy atom. The molecule has 182 valence electrons. The van der Waals surface area contributed by atoms with Crippen LogP contribution >= 0.6 is 0 Å². The third-order valence-electron chi connectivity index (χ3n) is 6.06. The van der Waals surface area contributed by atoms with Crippen LogP contribution in [-0.2, 0) is 16.1 Å². The summed E-state index contributed by atoms with van der Waals surface area (Å²) in [6, 6.07) is 12.4. The van der Waals surface area contributed by atoms with E-state index in [4.69, 9.17) is 9.47 Å². The number of nitrogens with one attached hydrogen (secondary N) is 1. The molecule has 2 fully saturated rings. The zero-order valence-electron chi connectivity index (χ0n) is 18.9. The number of pyridine rings is 1. The molecule has 2 amide bonds. The predicted molar refractivity (Wildman–Crippen MR) is 122 cm³/mol. The molecule has 0 saturated carbocycles. The highest BCUT2D eigenvalue weighted by Gasteiger charge is 2.44. The summed E-state index contributed by atoms with van der Waals surface area (Å²) in [6.07, 6.45) is 0.527. The van der Waals surface area contributed by atoms with Crippen molar-refractivity contribution in [1.29, 1.82) is 0 Å². The fourth-order valence-electron chi connectivity index (χ4n) is 4.09. The standard InChI is InChI=1S/C24H30N4O6/c29-21-14-27(17-24(21,32)16-26-23(31)20-3-1-2-8-25-20)13-18-4-6-19(7-5-18)34-15-22(30)28-9-11-33-12-10-28/h1-8,21,29,32H,9-17H2,(H,26,31)/t21-,24+/m1/s1. The van der Waals surface area contributed by atoms with Gasteiger partial charge in [0.05, 0.1) is 25.9 Å². The molecule has 2 aliphatic heterocycles. The van der Waals surface area contributed by atoms with Crippen molar-refractivity contribution in [2.24, 2.45) is 0 Å². The zero-order chi connectivity index (χ0) is 24.0. The SMILES string of the molecule is O=C(NC[C@]1(O)CN(Cc2ccc(OCC(=O)N3CCOCC3)cc2)C[C@H]1O)c1ccccn1. The number of ether oxygens (including phenoxy) is 2. The minimum atomic E-state index is -1.45. The third kappa shape index (κ3) is 6.09. The van der Waals surface area contributed by atoms with E-state index in [1.54, 1.807) is 35.2 Å². The van der Waals surface area contributed by atoms with Crippen LogP contribution < -0.4 is 10.1 Å². The van der Waals surface area contributed by atoms with E-state index < -0.39 is 17.6 Å². The van der Waals surface area contributed by atoms with Crippen LogP contribution in [0.5, 0.6) is 5.75 Å². The number of morpholine rings is 1. The first-order valence-corrected chi connectivity index (χ1v) is 11.3. The van der Waals surface area contributed by atoms with Crippen molar-refractivity contribution >= 4 is 11.8 Å². The number of nitrogens with zero attached hydrogens (tertiary/aromatic N) is 3. The molecular weight excluding hydrogens is 440 g/mol. The summed E-state index contributed by atoms with van der Waals surface area (Å²) in [5, 5.41) is 24.0. The normalized spacial score (nSPS) is 23.0. The molecule has 3 N–H and O–H groups in total. The first kappa shape index (κ1) is 24.1. The molecule has 2 atom stereocenters. The van der Waals surface area contributed by atoms with Crippen molar-refractivity contribution in [3.8, 4) is 5.75 Å². The van der Waals surface area contributed by atoms with Gasteiger partial charge < -0.3 is 29.9 Å². The number of amides is 2. The van der Waals surface area contributed by atoms with Gasteiger partial charge >= 0.3 is 0 Å². The fourth-order valence-corrected chi connectivity index (χ4v) is 4.09. The fraction of sp³-hybridized carbons (Fsp3) is 0.458. The number of benzene rings is 1. The summed E-state index contributed by atoms with van der Waals surface area (Å²) in [4.78, 5) is 32.1. The Labute approximate surface area is 198 Å². The molecule has 1 aromatic carbocycles. The predicted octanol–water partition coefficient (Wildman–Crippen LogP) is -0.343. The van der Waals surface area contributed by atoms with E-state index in [1.807, 2.05) is 17.0 Å². The monoisotopic (exact) mass is 470 g/mol. The van der Waals surface area contributed by atoms with Crippen molar-refractivity contribution in [2.75, 3.05) is 52.5 Å².